The van der Waals surface area contributed by atoms with Gasteiger partial charge >= 0.3 is 0 Å². The van der Waals surface area contributed by atoms with Gasteiger partial charge < -0.3 is 4.57 Å². The number of aryl methyl sites for hydroxylation is 1. The monoisotopic (exact) mass is 242 g/mol. The van der Waals surface area contributed by atoms with Crippen molar-refractivity contribution < 1.29 is 9.59 Å². The summed E-state index contributed by atoms with van der Waals surface area (Å²) in [4.78, 5) is 23.2. The number of carbonyl (C=O) groups excluding carboxylic acids is 2. The maximum Gasteiger partial charge on any atom is 0.234 e. The van der Waals surface area contributed by atoms with Crippen LogP contribution in [0.15, 0.2) is 24.3 Å². The van der Waals surface area contributed by atoms with Crippen LogP contribution in [0.4, 0.5) is 0 Å². The number of hydrogen-bond donors (Lipinski definition) is 1. The van der Waals surface area contributed by atoms with Crippen LogP contribution in [0.1, 0.15) is 23.6 Å². The van der Waals surface area contributed by atoms with Gasteiger partial charge in [-0.1, -0.05) is 18.2 Å². The van der Waals surface area contributed by atoms with E-state index in [9.17, 15) is 9.59 Å². The molecular weight excluding hydrogens is 228 g/mol. The lowest BCUT2D eigenvalue weighted by atomic mass is 9.95. The largest absolute Gasteiger partial charge is 0.348 e. The number of benzene rings is 1. The van der Waals surface area contributed by atoms with Crippen LogP contribution in [0.5, 0.6) is 0 Å². The fraction of sp³-hybridized carbons (Fsp3) is 0.286. The van der Waals surface area contributed by atoms with Crippen molar-refractivity contribution in [3.05, 3.63) is 35.5 Å². The molecule has 1 atom stereocenters. The first kappa shape index (κ1) is 11.0. The molecule has 0 aliphatic carbocycles. The van der Waals surface area contributed by atoms with Crippen molar-refractivity contribution >= 4 is 22.7 Å². The Morgan fingerprint density at radius 1 is 1.28 bits per heavy atom. The highest BCUT2D eigenvalue weighted by Crippen LogP contribution is 2.34. The van der Waals surface area contributed by atoms with Crippen LogP contribution >= 0.6 is 0 Å². The average molecular weight is 242 g/mol. The highest BCUT2D eigenvalue weighted by atomic mass is 16.2. The lowest BCUT2D eigenvalue weighted by Gasteiger charge is -2.07. The van der Waals surface area contributed by atoms with Gasteiger partial charge in [-0.3, -0.25) is 14.9 Å². The molecule has 4 heteroatoms. The fourth-order valence-corrected chi connectivity index (χ4v) is 2.78. The van der Waals surface area contributed by atoms with E-state index in [0.717, 1.165) is 22.2 Å². The lowest BCUT2D eigenvalue weighted by Crippen LogP contribution is -2.21. The van der Waals surface area contributed by atoms with E-state index in [2.05, 4.69) is 9.88 Å². The Morgan fingerprint density at radius 2 is 2.00 bits per heavy atom. The van der Waals surface area contributed by atoms with Crippen molar-refractivity contribution in [1.82, 2.24) is 9.88 Å². The van der Waals surface area contributed by atoms with Gasteiger partial charge in [-0.2, -0.15) is 0 Å². The normalized spacial score (nSPS) is 19.6. The molecule has 1 fully saturated rings. The number of aromatic nitrogens is 1. The predicted molar refractivity (Wildman–Crippen MR) is 68.2 cm³/mol. The first-order valence-corrected chi connectivity index (χ1v) is 5.97. The summed E-state index contributed by atoms with van der Waals surface area (Å²) >= 11 is 0. The van der Waals surface area contributed by atoms with E-state index in [1.54, 1.807) is 0 Å². The first-order valence-electron chi connectivity index (χ1n) is 5.97. The number of hydrogen-bond acceptors (Lipinski definition) is 2. The first-order chi connectivity index (χ1) is 8.59. The Bertz CT molecular complexity index is 670. The molecule has 3 rings (SSSR count). The number of imide groups is 1. The number of carbonyl (C=O) groups is 2. The van der Waals surface area contributed by atoms with Crippen LogP contribution < -0.4 is 5.32 Å². The molecular formula is C14H14N2O2. The molecule has 0 spiro atoms. The molecule has 1 N–H and O–H groups in total. The summed E-state index contributed by atoms with van der Waals surface area (Å²) in [6.45, 7) is 1.99. The van der Waals surface area contributed by atoms with Crippen LogP contribution in [0.2, 0.25) is 0 Å². The van der Waals surface area contributed by atoms with Crippen LogP contribution in [0.25, 0.3) is 10.9 Å². The Balaban J connectivity index is 2.26. The van der Waals surface area contributed by atoms with Gasteiger partial charge in [0.25, 0.3) is 0 Å². The molecule has 2 aromatic rings. The van der Waals surface area contributed by atoms with Gasteiger partial charge in [-0.05, 0) is 18.6 Å². The maximum absolute atomic E-state index is 11.8. The van der Waals surface area contributed by atoms with Crippen LogP contribution in [0.3, 0.4) is 0 Å². The molecule has 1 aromatic heterocycles. The van der Waals surface area contributed by atoms with Crippen molar-refractivity contribution in [1.29, 1.82) is 0 Å². The molecule has 1 saturated heterocycles. The van der Waals surface area contributed by atoms with Gasteiger partial charge in [0.15, 0.2) is 0 Å². The third kappa shape index (κ3) is 1.38. The quantitative estimate of drug-likeness (QED) is 0.772. The molecule has 2 heterocycles. The average Bonchev–Trinajstić information content (AvgIpc) is 2.79. The van der Waals surface area contributed by atoms with E-state index in [-0.39, 0.29) is 24.2 Å². The molecule has 1 aliphatic heterocycles. The molecule has 1 aliphatic rings. The number of rotatable bonds is 1. The number of nitrogens with zero attached hydrogens (tertiary/aromatic N) is 1. The lowest BCUT2D eigenvalue weighted by molar-refractivity contribution is -0.125. The van der Waals surface area contributed by atoms with Gasteiger partial charge in [0, 0.05) is 30.1 Å². The second-order valence-corrected chi connectivity index (χ2v) is 4.74. The molecule has 0 bridgehead atoms. The molecule has 18 heavy (non-hydrogen) atoms. The third-order valence-corrected chi connectivity index (χ3v) is 3.77. The second kappa shape index (κ2) is 3.70. The molecule has 0 radical (unpaired) electrons. The molecule has 2 amide bonds. The fourth-order valence-electron chi connectivity index (χ4n) is 2.78. The number of para-hydroxylation sites is 1. The Hall–Kier alpha value is -2.10. The summed E-state index contributed by atoms with van der Waals surface area (Å²) in [5.74, 6) is -0.708. The second-order valence-electron chi connectivity index (χ2n) is 4.74. The number of amides is 2. The van der Waals surface area contributed by atoms with Crippen molar-refractivity contribution in [3.63, 3.8) is 0 Å². The van der Waals surface area contributed by atoms with Gasteiger partial charge in [0.1, 0.15) is 0 Å². The van der Waals surface area contributed by atoms with Crippen molar-refractivity contribution in [2.75, 3.05) is 0 Å². The van der Waals surface area contributed by atoms with Crippen LogP contribution in [0, 0.1) is 6.92 Å². The van der Waals surface area contributed by atoms with E-state index in [1.807, 2.05) is 38.2 Å². The smallest absolute Gasteiger partial charge is 0.234 e. The van der Waals surface area contributed by atoms with Crippen molar-refractivity contribution in [2.45, 2.75) is 19.3 Å². The highest BCUT2D eigenvalue weighted by Gasteiger charge is 2.35. The van der Waals surface area contributed by atoms with Crippen LogP contribution in [-0.4, -0.2) is 16.4 Å². The third-order valence-electron chi connectivity index (χ3n) is 3.77. The summed E-state index contributed by atoms with van der Waals surface area (Å²) in [6.07, 6.45) is 0.258. The standard InChI is InChI=1S/C14H14N2O2/c1-8-13(10-7-12(17)15-14(10)18)9-5-3-4-6-11(9)16(8)2/h3-6,10H,7H2,1-2H3,(H,15,17,18)/t10-/m0/s1. The summed E-state index contributed by atoms with van der Waals surface area (Å²) in [6, 6.07) is 7.97. The minimum atomic E-state index is -0.344. The topological polar surface area (TPSA) is 51.1 Å². The molecule has 0 saturated carbocycles. The van der Waals surface area contributed by atoms with Crippen molar-refractivity contribution in [3.8, 4) is 0 Å². The van der Waals surface area contributed by atoms with Crippen molar-refractivity contribution in [2.24, 2.45) is 7.05 Å². The van der Waals surface area contributed by atoms with Gasteiger partial charge in [0.05, 0.1) is 5.92 Å². The van der Waals surface area contributed by atoms with Gasteiger partial charge in [-0.15, -0.1) is 0 Å². The zero-order valence-corrected chi connectivity index (χ0v) is 10.4. The molecule has 92 valence electrons. The molecule has 1 aromatic carbocycles. The SMILES string of the molecule is Cc1c([C@@H]2CC(=O)NC2=O)c2ccccc2n1C. The van der Waals surface area contributed by atoms with Crippen LogP contribution in [-0.2, 0) is 16.6 Å². The Morgan fingerprint density at radius 3 is 2.67 bits per heavy atom. The minimum Gasteiger partial charge on any atom is -0.348 e. The molecule has 4 nitrogen and oxygen atoms in total. The summed E-state index contributed by atoms with van der Waals surface area (Å²) in [7, 11) is 1.98. The number of nitrogens with one attached hydrogen (secondary N) is 1. The Labute approximate surface area is 105 Å². The van der Waals surface area contributed by atoms with Gasteiger partial charge in [0.2, 0.25) is 11.8 Å². The van der Waals surface area contributed by atoms with E-state index in [4.69, 9.17) is 0 Å². The summed E-state index contributed by atoms with van der Waals surface area (Å²) < 4.78 is 2.07. The zero-order valence-electron chi connectivity index (χ0n) is 10.4. The summed E-state index contributed by atoms with van der Waals surface area (Å²) in [5.41, 5.74) is 3.12. The maximum atomic E-state index is 11.8. The predicted octanol–water partition coefficient (Wildman–Crippen LogP) is 1.62. The van der Waals surface area contributed by atoms with E-state index in [1.165, 1.54) is 0 Å². The summed E-state index contributed by atoms with van der Waals surface area (Å²) in [5, 5.41) is 3.44. The van der Waals surface area contributed by atoms with Gasteiger partial charge in [-0.25, -0.2) is 0 Å². The van der Waals surface area contributed by atoms with E-state index >= 15 is 0 Å². The molecule has 0 unspecified atom stereocenters. The van der Waals surface area contributed by atoms with E-state index in [0.29, 0.717) is 0 Å². The highest BCUT2D eigenvalue weighted by molar-refractivity contribution is 6.08. The zero-order chi connectivity index (χ0) is 12.9. The van der Waals surface area contributed by atoms with E-state index < -0.39 is 0 Å². The number of fused-ring (bicyclic) bond motifs is 1. The Kier molecular flexibility index (Phi) is 2.26. The minimum absolute atomic E-state index is 0.181.